The van der Waals surface area contributed by atoms with Gasteiger partial charge in [-0.3, -0.25) is 0 Å². The molecule has 0 radical (unpaired) electrons. The number of esters is 1. The van der Waals surface area contributed by atoms with Crippen LogP contribution in [-0.4, -0.2) is 40.7 Å². The Morgan fingerprint density at radius 2 is 2.04 bits per heavy atom. The predicted octanol–water partition coefficient (Wildman–Crippen LogP) is 2.86. The Morgan fingerprint density at radius 1 is 1.35 bits per heavy atom. The molecule has 1 aromatic heterocycles. The van der Waals surface area contributed by atoms with E-state index in [1.807, 2.05) is 27.7 Å². The quantitative estimate of drug-likeness (QED) is 0.784. The second-order valence-corrected chi connectivity index (χ2v) is 6.62. The number of nitrogens with zero attached hydrogens (tertiary/aromatic N) is 2. The Balaban J connectivity index is 2.19. The van der Waals surface area contributed by atoms with Crippen LogP contribution in [-0.2, 0) is 22.4 Å². The minimum Gasteiger partial charge on any atom is -0.461 e. The molecule has 0 saturated carbocycles. The van der Waals surface area contributed by atoms with Gasteiger partial charge in [0.05, 0.1) is 13.2 Å². The van der Waals surface area contributed by atoms with E-state index in [1.165, 1.54) is 0 Å². The molecule has 0 spiro atoms. The first kappa shape index (κ1) is 17.2. The molecule has 0 saturated heterocycles. The van der Waals surface area contributed by atoms with Gasteiger partial charge < -0.3 is 14.4 Å². The summed E-state index contributed by atoms with van der Waals surface area (Å²) < 4.78 is 10.4. The Bertz CT molecular complexity index is 620. The number of carbonyl (C=O) groups excluding carboxylic acids is 2. The van der Waals surface area contributed by atoms with Crippen LogP contribution >= 0.6 is 0 Å². The van der Waals surface area contributed by atoms with Crippen LogP contribution in [0.3, 0.4) is 0 Å². The van der Waals surface area contributed by atoms with E-state index in [1.54, 1.807) is 17.9 Å². The van der Waals surface area contributed by atoms with Crippen LogP contribution in [0.25, 0.3) is 0 Å². The van der Waals surface area contributed by atoms with Gasteiger partial charge in [0.1, 0.15) is 11.3 Å². The van der Waals surface area contributed by atoms with Gasteiger partial charge in [0.2, 0.25) is 0 Å². The molecule has 6 heteroatoms. The standard InChI is InChI=1S/C17H24N2O4/c1-6-22-15(20)14-9-11(2)12-10-19(8-7-13(12)18-14)16(21)23-17(3,4)5/h9H,6-8,10H2,1-5H3. The third kappa shape index (κ3) is 4.21. The molecule has 23 heavy (non-hydrogen) atoms. The third-order valence-corrected chi connectivity index (χ3v) is 3.54. The number of aromatic nitrogens is 1. The molecule has 1 aromatic rings. The Labute approximate surface area is 136 Å². The van der Waals surface area contributed by atoms with Crippen LogP contribution in [0.1, 0.15) is 55.0 Å². The summed E-state index contributed by atoms with van der Waals surface area (Å²) in [6, 6.07) is 1.72. The molecule has 1 aliphatic rings. The summed E-state index contributed by atoms with van der Waals surface area (Å²) in [5, 5.41) is 0. The maximum absolute atomic E-state index is 12.2. The van der Waals surface area contributed by atoms with Crippen molar-refractivity contribution < 1.29 is 19.1 Å². The van der Waals surface area contributed by atoms with Gasteiger partial charge >= 0.3 is 12.1 Å². The van der Waals surface area contributed by atoms with Crippen molar-refractivity contribution in [2.75, 3.05) is 13.2 Å². The minimum atomic E-state index is -0.515. The minimum absolute atomic E-state index is 0.322. The number of ether oxygens (including phenoxy) is 2. The number of amides is 1. The highest BCUT2D eigenvalue weighted by molar-refractivity contribution is 5.87. The smallest absolute Gasteiger partial charge is 0.410 e. The summed E-state index contributed by atoms with van der Waals surface area (Å²) in [7, 11) is 0. The van der Waals surface area contributed by atoms with Crippen molar-refractivity contribution in [2.45, 2.75) is 53.2 Å². The molecule has 0 unspecified atom stereocenters. The van der Waals surface area contributed by atoms with Gasteiger partial charge in [-0.05, 0) is 51.8 Å². The summed E-state index contributed by atoms with van der Waals surface area (Å²) in [4.78, 5) is 30.1. The molecular weight excluding hydrogens is 296 g/mol. The zero-order chi connectivity index (χ0) is 17.2. The maximum Gasteiger partial charge on any atom is 0.410 e. The molecule has 0 bridgehead atoms. The number of pyridine rings is 1. The second kappa shape index (κ2) is 6.56. The highest BCUT2D eigenvalue weighted by Crippen LogP contribution is 2.23. The molecule has 1 aliphatic heterocycles. The molecule has 0 aliphatic carbocycles. The zero-order valence-electron chi connectivity index (χ0n) is 14.4. The Morgan fingerprint density at radius 3 is 2.65 bits per heavy atom. The van der Waals surface area contributed by atoms with Crippen LogP contribution in [0.5, 0.6) is 0 Å². The van der Waals surface area contributed by atoms with Crippen molar-refractivity contribution in [3.63, 3.8) is 0 Å². The zero-order valence-corrected chi connectivity index (χ0v) is 14.4. The highest BCUT2D eigenvalue weighted by Gasteiger charge is 2.28. The number of hydrogen-bond donors (Lipinski definition) is 0. The largest absolute Gasteiger partial charge is 0.461 e. The first-order chi connectivity index (χ1) is 10.7. The maximum atomic E-state index is 12.2. The van der Waals surface area contributed by atoms with Gasteiger partial charge in [-0.15, -0.1) is 0 Å². The number of carbonyl (C=O) groups is 2. The number of aryl methyl sites for hydroxylation is 1. The van der Waals surface area contributed by atoms with E-state index < -0.39 is 11.6 Å². The molecule has 6 nitrogen and oxygen atoms in total. The number of rotatable bonds is 2. The average molecular weight is 320 g/mol. The lowest BCUT2D eigenvalue weighted by Gasteiger charge is -2.31. The molecule has 0 atom stereocenters. The van der Waals surface area contributed by atoms with Gasteiger partial charge in [-0.25, -0.2) is 14.6 Å². The molecule has 0 aromatic carbocycles. The lowest BCUT2D eigenvalue weighted by atomic mass is 10.00. The van der Waals surface area contributed by atoms with Crippen molar-refractivity contribution in [3.05, 3.63) is 28.6 Å². The molecule has 2 rings (SSSR count). The number of hydrogen-bond acceptors (Lipinski definition) is 5. The molecule has 0 N–H and O–H groups in total. The molecule has 126 valence electrons. The Kier molecular flexibility index (Phi) is 4.92. The summed E-state index contributed by atoms with van der Waals surface area (Å²) in [5.41, 5.74) is 2.58. The van der Waals surface area contributed by atoms with E-state index in [-0.39, 0.29) is 6.09 Å². The van der Waals surface area contributed by atoms with Crippen LogP contribution in [0.4, 0.5) is 4.79 Å². The van der Waals surface area contributed by atoms with E-state index >= 15 is 0 Å². The summed E-state index contributed by atoms with van der Waals surface area (Å²) >= 11 is 0. The van der Waals surface area contributed by atoms with Gasteiger partial charge in [0.15, 0.2) is 0 Å². The topological polar surface area (TPSA) is 68.7 Å². The van der Waals surface area contributed by atoms with Crippen LogP contribution < -0.4 is 0 Å². The van der Waals surface area contributed by atoms with Crippen molar-refractivity contribution >= 4 is 12.1 Å². The summed E-state index contributed by atoms with van der Waals surface area (Å²) in [5.74, 6) is -0.409. The van der Waals surface area contributed by atoms with E-state index in [4.69, 9.17) is 9.47 Å². The van der Waals surface area contributed by atoms with Crippen molar-refractivity contribution in [2.24, 2.45) is 0 Å². The van der Waals surface area contributed by atoms with Crippen molar-refractivity contribution in [3.8, 4) is 0 Å². The summed E-state index contributed by atoms with van der Waals surface area (Å²) in [6.45, 7) is 10.5. The van der Waals surface area contributed by atoms with E-state index in [0.29, 0.717) is 31.8 Å². The first-order valence-electron chi connectivity index (χ1n) is 7.85. The monoisotopic (exact) mass is 320 g/mol. The lowest BCUT2D eigenvalue weighted by Crippen LogP contribution is -2.40. The van der Waals surface area contributed by atoms with E-state index in [9.17, 15) is 9.59 Å². The fourth-order valence-electron chi connectivity index (χ4n) is 2.49. The fraction of sp³-hybridized carbons (Fsp3) is 0.588. The number of fused-ring (bicyclic) bond motifs is 1. The van der Waals surface area contributed by atoms with Gasteiger partial charge in [-0.1, -0.05) is 0 Å². The second-order valence-electron chi connectivity index (χ2n) is 6.62. The first-order valence-corrected chi connectivity index (χ1v) is 7.85. The lowest BCUT2D eigenvalue weighted by molar-refractivity contribution is 0.0221. The molecule has 1 amide bonds. The molecule has 2 heterocycles. The third-order valence-electron chi connectivity index (χ3n) is 3.54. The van der Waals surface area contributed by atoms with E-state index in [0.717, 1.165) is 16.8 Å². The van der Waals surface area contributed by atoms with Gasteiger partial charge in [0, 0.05) is 18.7 Å². The fourth-order valence-corrected chi connectivity index (χ4v) is 2.49. The van der Waals surface area contributed by atoms with Crippen molar-refractivity contribution in [1.29, 1.82) is 0 Å². The molecule has 0 fully saturated rings. The van der Waals surface area contributed by atoms with Crippen LogP contribution in [0.15, 0.2) is 6.07 Å². The predicted molar refractivity (Wildman–Crippen MR) is 85.3 cm³/mol. The summed E-state index contributed by atoms with van der Waals surface area (Å²) in [6.07, 6.45) is 0.278. The normalized spacial score (nSPS) is 14.2. The van der Waals surface area contributed by atoms with Gasteiger partial charge in [-0.2, -0.15) is 0 Å². The Hall–Kier alpha value is -2.11. The van der Waals surface area contributed by atoms with Gasteiger partial charge in [0.25, 0.3) is 0 Å². The SMILES string of the molecule is CCOC(=O)c1cc(C)c2c(n1)CCN(C(=O)OC(C)(C)C)C2. The van der Waals surface area contributed by atoms with E-state index in [2.05, 4.69) is 4.98 Å². The van der Waals surface area contributed by atoms with Crippen LogP contribution in [0.2, 0.25) is 0 Å². The highest BCUT2D eigenvalue weighted by atomic mass is 16.6. The van der Waals surface area contributed by atoms with Crippen LogP contribution in [0, 0.1) is 6.92 Å². The average Bonchev–Trinajstić information content (AvgIpc) is 2.45. The molecular formula is C17H24N2O4. The van der Waals surface area contributed by atoms with Crippen molar-refractivity contribution in [1.82, 2.24) is 9.88 Å².